The second-order valence-electron chi connectivity index (χ2n) is 7.18. The fourth-order valence-electron chi connectivity index (χ4n) is 4.89. The molecule has 6 nitrogen and oxygen atoms in total. The zero-order valence-electron chi connectivity index (χ0n) is 14.7. The van der Waals surface area contributed by atoms with E-state index in [0.29, 0.717) is 32.5 Å². The summed E-state index contributed by atoms with van der Waals surface area (Å²) in [6.07, 6.45) is 0.835. The number of carbonyl (C=O) groups is 3. The van der Waals surface area contributed by atoms with Crippen molar-refractivity contribution >= 4 is 17.5 Å². The quantitative estimate of drug-likeness (QED) is 0.599. The minimum Gasteiger partial charge on any atom is -0.463 e. The number of Topliss-reactive ketones (excluding diaryl/α,β-unsaturated/α-hetero) is 2. The van der Waals surface area contributed by atoms with E-state index in [1.165, 1.54) is 7.11 Å². The summed E-state index contributed by atoms with van der Waals surface area (Å²) in [6, 6.07) is 9.38. The van der Waals surface area contributed by atoms with Crippen molar-refractivity contribution < 1.29 is 28.6 Å². The Hall–Kier alpha value is -2.05. The molecule has 0 bridgehead atoms. The molecule has 0 radical (unpaired) electrons. The van der Waals surface area contributed by atoms with Crippen LogP contribution in [0, 0.1) is 11.8 Å². The predicted molar refractivity (Wildman–Crippen MR) is 90.5 cm³/mol. The van der Waals surface area contributed by atoms with Crippen molar-refractivity contribution in [2.24, 2.45) is 11.8 Å². The molecular weight excluding hydrogens is 336 g/mol. The van der Waals surface area contributed by atoms with Gasteiger partial charge in [0.25, 0.3) is 0 Å². The highest BCUT2D eigenvalue weighted by Crippen LogP contribution is 2.56. The van der Waals surface area contributed by atoms with E-state index in [1.807, 2.05) is 30.3 Å². The third-order valence-corrected chi connectivity index (χ3v) is 6.03. The number of esters is 1. The minimum absolute atomic E-state index is 0.0563. The summed E-state index contributed by atoms with van der Waals surface area (Å²) < 4.78 is 16.6. The predicted octanol–water partition coefficient (Wildman–Crippen LogP) is 1.45. The lowest BCUT2D eigenvalue weighted by Gasteiger charge is -2.55. The normalized spacial score (nSPS) is 36.1. The van der Waals surface area contributed by atoms with E-state index in [0.717, 1.165) is 5.56 Å². The van der Waals surface area contributed by atoms with Crippen LogP contribution >= 0.6 is 0 Å². The third kappa shape index (κ3) is 2.28. The van der Waals surface area contributed by atoms with Gasteiger partial charge in [-0.05, 0) is 24.8 Å². The number of hydrogen-bond acceptors (Lipinski definition) is 6. The van der Waals surface area contributed by atoms with E-state index in [2.05, 4.69) is 4.74 Å². The monoisotopic (exact) mass is 358 g/mol. The Morgan fingerprint density at radius 2 is 1.81 bits per heavy atom. The van der Waals surface area contributed by atoms with Crippen LogP contribution in [0.2, 0.25) is 0 Å². The van der Waals surface area contributed by atoms with Gasteiger partial charge in [0.2, 0.25) is 5.78 Å². The maximum atomic E-state index is 13.3. The largest absolute Gasteiger partial charge is 0.463 e. The molecule has 0 amide bonds. The molecule has 3 aliphatic rings. The van der Waals surface area contributed by atoms with Crippen molar-refractivity contribution in [3.63, 3.8) is 0 Å². The highest BCUT2D eigenvalue weighted by atomic mass is 16.5. The highest BCUT2D eigenvalue weighted by Gasteiger charge is 2.71. The molecule has 0 spiro atoms. The Labute approximate surface area is 151 Å². The molecule has 5 unspecified atom stereocenters. The molecule has 1 aromatic carbocycles. The van der Waals surface area contributed by atoms with Crippen LogP contribution in [0.4, 0.5) is 0 Å². The van der Waals surface area contributed by atoms with Gasteiger partial charge in [-0.25, -0.2) is 4.79 Å². The molecule has 2 aliphatic heterocycles. The molecule has 2 heterocycles. The molecule has 138 valence electrons. The molecule has 26 heavy (non-hydrogen) atoms. The maximum absolute atomic E-state index is 13.3. The van der Waals surface area contributed by atoms with Gasteiger partial charge >= 0.3 is 5.97 Å². The molecule has 2 saturated heterocycles. The molecule has 6 heteroatoms. The fourth-order valence-corrected chi connectivity index (χ4v) is 4.89. The average Bonchev–Trinajstić information content (AvgIpc) is 3.14. The Bertz CT molecular complexity index is 729. The number of carbonyl (C=O) groups excluding carboxylic acids is 3. The summed E-state index contributed by atoms with van der Waals surface area (Å²) >= 11 is 0. The van der Waals surface area contributed by atoms with Crippen molar-refractivity contribution in [2.75, 3.05) is 20.3 Å². The van der Waals surface area contributed by atoms with E-state index < -0.39 is 29.2 Å². The van der Waals surface area contributed by atoms with Gasteiger partial charge in [-0.2, -0.15) is 0 Å². The molecular formula is C20H22O6. The van der Waals surface area contributed by atoms with Crippen molar-refractivity contribution in [1.82, 2.24) is 0 Å². The first-order valence-corrected chi connectivity index (χ1v) is 9.07. The highest BCUT2D eigenvalue weighted by molar-refractivity contribution is 6.34. The molecule has 1 aliphatic carbocycles. The lowest BCUT2D eigenvalue weighted by atomic mass is 9.50. The van der Waals surface area contributed by atoms with Gasteiger partial charge in [-0.1, -0.05) is 30.3 Å². The maximum Gasteiger partial charge on any atom is 0.374 e. The van der Waals surface area contributed by atoms with Crippen LogP contribution in [0.5, 0.6) is 0 Å². The van der Waals surface area contributed by atoms with Crippen molar-refractivity contribution in [3.05, 3.63) is 35.9 Å². The Balaban J connectivity index is 1.80. The molecule has 0 aromatic heterocycles. The smallest absolute Gasteiger partial charge is 0.374 e. The lowest BCUT2D eigenvalue weighted by Crippen LogP contribution is -2.71. The van der Waals surface area contributed by atoms with E-state index in [4.69, 9.17) is 9.47 Å². The van der Waals surface area contributed by atoms with Crippen molar-refractivity contribution in [3.8, 4) is 0 Å². The summed E-state index contributed by atoms with van der Waals surface area (Å²) in [7, 11) is 1.19. The van der Waals surface area contributed by atoms with Gasteiger partial charge < -0.3 is 14.2 Å². The van der Waals surface area contributed by atoms with Gasteiger partial charge in [0.1, 0.15) is 5.41 Å². The van der Waals surface area contributed by atoms with Crippen LogP contribution in [0.25, 0.3) is 0 Å². The zero-order chi connectivity index (χ0) is 18.3. The number of benzene rings is 1. The van der Waals surface area contributed by atoms with Crippen LogP contribution in [-0.2, 0) is 34.0 Å². The standard InChI is InChI=1S/C20H22O6/c1-24-19(23)15(21)13-8-5-10-25-17(13)20(12-6-3-2-4-7-12)16(22)14-9-11-26-18(14)20/h2-4,6-7,13-14,17-18H,5,8-11H2,1H3. The fraction of sp³-hybridized carbons (Fsp3) is 0.550. The molecule has 4 rings (SSSR count). The molecule has 5 atom stereocenters. The van der Waals surface area contributed by atoms with Gasteiger partial charge in [0.15, 0.2) is 5.78 Å². The number of rotatable bonds is 4. The second-order valence-corrected chi connectivity index (χ2v) is 7.18. The Morgan fingerprint density at radius 3 is 2.54 bits per heavy atom. The zero-order valence-corrected chi connectivity index (χ0v) is 14.7. The van der Waals surface area contributed by atoms with Crippen LogP contribution < -0.4 is 0 Å². The number of hydrogen-bond donors (Lipinski definition) is 0. The van der Waals surface area contributed by atoms with E-state index >= 15 is 0 Å². The van der Waals surface area contributed by atoms with Crippen LogP contribution in [0.1, 0.15) is 24.8 Å². The first-order valence-electron chi connectivity index (χ1n) is 9.07. The third-order valence-electron chi connectivity index (χ3n) is 6.03. The minimum atomic E-state index is -1.03. The summed E-state index contributed by atoms with van der Waals surface area (Å²) in [6.45, 7) is 0.979. The van der Waals surface area contributed by atoms with Gasteiger partial charge in [-0.15, -0.1) is 0 Å². The van der Waals surface area contributed by atoms with E-state index in [1.54, 1.807) is 0 Å². The summed E-state index contributed by atoms with van der Waals surface area (Å²) in [4.78, 5) is 37.8. The number of fused-ring (bicyclic) bond motifs is 1. The first kappa shape index (κ1) is 17.4. The molecule has 0 N–H and O–H groups in total. The number of ketones is 2. The van der Waals surface area contributed by atoms with Crippen LogP contribution in [0.15, 0.2) is 30.3 Å². The number of methoxy groups -OCH3 is 1. The Morgan fingerprint density at radius 1 is 1.08 bits per heavy atom. The lowest BCUT2D eigenvalue weighted by molar-refractivity contribution is -0.185. The number of ether oxygens (including phenoxy) is 3. The second kappa shape index (κ2) is 6.59. The van der Waals surface area contributed by atoms with Gasteiger partial charge in [-0.3, -0.25) is 9.59 Å². The molecule has 1 saturated carbocycles. The van der Waals surface area contributed by atoms with Gasteiger partial charge in [0, 0.05) is 19.1 Å². The summed E-state index contributed by atoms with van der Waals surface area (Å²) in [5.74, 6) is -2.31. The molecule has 3 fully saturated rings. The summed E-state index contributed by atoms with van der Waals surface area (Å²) in [5, 5.41) is 0. The van der Waals surface area contributed by atoms with E-state index in [-0.39, 0.29) is 17.8 Å². The van der Waals surface area contributed by atoms with Gasteiger partial charge in [0.05, 0.1) is 25.2 Å². The van der Waals surface area contributed by atoms with E-state index in [9.17, 15) is 14.4 Å². The van der Waals surface area contributed by atoms with Crippen LogP contribution in [-0.4, -0.2) is 50.1 Å². The first-order chi connectivity index (χ1) is 12.6. The average molecular weight is 358 g/mol. The van der Waals surface area contributed by atoms with Crippen molar-refractivity contribution in [1.29, 1.82) is 0 Å². The van der Waals surface area contributed by atoms with Crippen LogP contribution in [0.3, 0.4) is 0 Å². The molecule has 1 aromatic rings. The Kier molecular flexibility index (Phi) is 4.40. The topological polar surface area (TPSA) is 78.9 Å². The summed E-state index contributed by atoms with van der Waals surface area (Å²) in [5.41, 5.74) is -0.236. The SMILES string of the molecule is COC(=O)C(=O)C1CCCOC1C1(c2ccccc2)C(=O)C2CCOC21. The van der Waals surface area contributed by atoms with Crippen molar-refractivity contribution in [2.45, 2.75) is 36.9 Å².